The molecule has 0 aromatic heterocycles. The van der Waals surface area contributed by atoms with Crippen LogP contribution in [0.15, 0.2) is 48.5 Å². The van der Waals surface area contributed by atoms with Crippen molar-refractivity contribution in [2.45, 2.75) is 19.8 Å². The van der Waals surface area contributed by atoms with E-state index in [2.05, 4.69) is 4.72 Å². The van der Waals surface area contributed by atoms with E-state index < -0.39 is 10.0 Å². The molecule has 2 rings (SSSR count). The standard InChI is InChI=1S/C16H19NO3S/c1-12-8-9-15(10-16(12)18)17-21(19,20)11-13(2)14-6-4-3-5-7-14/h3-10,13,17-18H,11H2,1-2H3. The van der Waals surface area contributed by atoms with Crippen molar-refractivity contribution in [2.24, 2.45) is 0 Å². The number of rotatable bonds is 5. The minimum absolute atomic E-state index is 0.00828. The normalized spacial score (nSPS) is 12.9. The van der Waals surface area contributed by atoms with Gasteiger partial charge >= 0.3 is 0 Å². The summed E-state index contributed by atoms with van der Waals surface area (Å²) in [6, 6.07) is 14.2. The van der Waals surface area contributed by atoms with Gasteiger partial charge in [0.25, 0.3) is 0 Å². The lowest BCUT2D eigenvalue weighted by atomic mass is 10.0. The van der Waals surface area contributed by atoms with Gasteiger partial charge < -0.3 is 5.11 Å². The molecule has 0 saturated heterocycles. The molecule has 0 aliphatic rings. The summed E-state index contributed by atoms with van der Waals surface area (Å²) >= 11 is 0. The van der Waals surface area contributed by atoms with Gasteiger partial charge in [-0.1, -0.05) is 43.3 Å². The van der Waals surface area contributed by atoms with Crippen molar-refractivity contribution >= 4 is 15.7 Å². The second kappa shape index (κ2) is 6.18. The second-order valence-electron chi connectivity index (χ2n) is 5.20. The van der Waals surface area contributed by atoms with Crippen molar-refractivity contribution in [3.63, 3.8) is 0 Å². The van der Waals surface area contributed by atoms with Gasteiger partial charge in [-0.15, -0.1) is 0 Å². The molecule has 2 N–H and O–H groups in total. The van der Waals surface area contributed by atoms with Crippen LogP contribution in [0.1, 0.15) is 24.0 Å². The number of aryl methyl sites for hydroxylation is 1. The van der Waals surface area contributed by atoms with Gasteiger partial charge in [0.1, 0.15) is 5.75 Å². The minimum Gasteiger partial charge on any atom is -0.508 e. The van der Waals surface area contributed by atoms with Crippen LogP contribution in [0.3, 0.4) is 0 Å². The fourth-order valence-corrected chi connectivity index (χ4v) is 3.52. The van der Waals surface area contributed by atoms with E-state index in [0.29, 0.717) is 11.3 Å². The molecular formula is C16H19NO3S. The lowest BCUT2D eigenvalue weighted by Gasteiger charge is -2.14. The van der Waals surface area contributed by atoms with Crippen LogP contribution in [-0.2, 0) is 10.0 Å². The third-order valence-electron chi connectivity index (χ3n) is 3.32. The monoisotopic (exact) mass is 305 g/mol. The van der Waals surface area contributed by atoms with Crippen molar-refractivity contribution in [3.05, 3.63) is 59.7 Å². The number of sulfonamides is 1. The first kappa shape index (κ1) is 15.4. The molecule has 0 radical (unpaired) electrons. The molecule has 112 valence electrons. The number of aromatic hydroxyl groups is 1. The summed E-state index contributed by atoms with van der Waals surface area (Å²) in [5.74, 6) is -0.0416. The Balaban J connectivity index is 2.10. The highest BCUT2D eigenvalue weighted by molar-refractivity contribution is 7.92. The van der Waals surface area contributed by atoms with Crippen molar-refractivity contribution in [3.8, 4) is 5.75 Å². The van der Waals surface area contributed by atoms with E-state index in [0.717, 1.165) is 5.56 Å². The fraction of sp³-hybridized carbons (Fsp3) is 0.250. The molecule has 0 amide bonds. The predicted octanol–water partition coefficient (Wildman–Crippen LogP) is 3.25. The number of benzene rings is 2. The Morgan fingerprint density at radius 1 is 1.14 bits per heavy atom. The van der Waals surface area contributed by atoms with Crippen LogP contribution in [0.25, 0.3) is 0 Å². The number of anilines is 1. The van der Waals surface area contributed by atoms with Crippen LogP contribution in [-0.4, -0.2) is 19.3 Å². The lowest BCUT2D eigenvalue weighted by Crippen LogP contribution is -2.20. The van der Waals surface area contributed by atoms with Crippen LogP contribution in [0.4, 0.5) is 5.69 Å². The van der Waals surface area contributed by atoms with Crippen molar-refractivity contribution < 1.29 is 13.5 Å². The van der Waals surface area contributed by atoms with E-state index >= 15 is 0 Å². The summed E-state index contributed by atoms with van der Waals surface area (Å²) in [5, 5.41) is 9.62. The molecular weight excluding hydrogens is 286 g/mol. The molecule has 5 heteroatoms. The molecule has 4 nitrogen and oxygen atoms in total. The Morgan fingerprint density at radius 2 is 1.81 bits per heavy atom. The van der Waals surface area contributed by atoms with Crippen molar-refractivity contribution in [1.82, 2.24) is 0 Å². The van der Waals surface area contributed by atoms with E-state index in [4.69, 9.17) is 0 Å². The molecule has 1 unspecified atom stereocenters. The maximum atomic E-state index is 12.2. The van der Waals surface area contributed by atoms with Gasteiger partial charge in [-0.2, -0.15) is 0 Å². The number of phenols is 1. The SMILES string of the molecule is Cc1ccc(NS(=O)(=O)CC(C)c2ccccc2)cc1O. The third kappa shape index (κ3) is 4.23. The lowest BCUT2D eigenvalue weighted by molar-refractivity contribution is 0.471. The second-order valence-corrected chi connectivity index (χ2v) is 6.96. The van der Waals surface area contributed by atoms with Crippen LogP contribution >= 0.6 is 0 Å². The molecule has 2 aromatic rings. The first-order chi connectivity index (χ1) is 9.87. The molecule has 0 aliphatic carbocycles. The number of hydrogen-bond donors (Lipinski definition) is 2. The van der Waals surface area contributed by atoms with E-state index in [1.807, 2.05) is 37.3 Å². The van der Waals surface area contributed by atoms with Gasteiger partial charge in [-0.05, 0) is 30.0 Å². The molecule has 0 spiro atoms. The zero-order valence-corrected chi connectivity index (χ0v) is 12.9. The van der Waals surface area contributed by atoms with Crippen molar-refractivity contribution in [2.75, 3.05) is 10.5 Å². The van der Waals surface area contributed by atoms with Crippen LogP contribution < -0.4 is 4.72 Å². The predicted molar refractivity (Wildman–Crippen MR) is 85.1 cm³/mol. The summed E-state index contributed by atoms with van der Waals surface area (Å²) in [7, 11) is -3.47. The third-order valence-corrected chi connectivity index (χ3v) is 4.81. The number of phenolic OH excluding ortho intramolecular Hbond substituents is 1. The zero-order valence-electron chi connectivity index (χ0n) is 12.1. The Hall–Kier alpha value is -2.01. The van der Waals surface area contributed by atoms with Crippen molar-refractivity contribution in [1.29, 1.82) is 0 Å². The van der Waals surface area contributed by atoms with Gasteiger partial charge in [0.2, 0.25) is 10.0 Å². The Labute approximate surface area is 125 Å². The van der Waals surface area contributed by atoms with Crippen LogP contribution in [0.2, 0.25) is 0 Å². The molecule has 0 aliphatic heterocycles. The van der Waals surface area contributed by atoms with E-state index in [1.165, 1.54) is 6.07 Å². The number of hydrogen-bond acceptors (Lipinski definition) is 3. The summed E-state index contributed by atoms with van der Waals surface area (Å²) in [4.78, 5) is 0. The smallest absolute Gasteiger partial charge is 0.233 e. The number of nitrogens with one attached hydrogen (secondary N) is 1. The minimum atomic E-state index is -3.47. The van der Waals surface area contributed by atoms with Gasteiger partial charge in [-0.25, -0.2) is 8.42 Å². The van der Waals surface area contributed by atoms with E-state index in [9.17, 15) is 13.5 Å². The average molecular weight is 305 g/mol. The molecule has 0 bridgehead atoms. The maximum Gasteiger partial charge on any atom is 0.233 e. The fourth-order valence-electron chi connectivity index (χ4n) is 2.10. The summed E-state index contributed by atoms with van der Waals surface area (Å²) in [6.45, 7) is 3.63. The maximum absolute atomic E-state index is 12.2. The van der Waals surface area contributed by atoms with Gasteiger partial charge in [0.05, 0.1) is 11.4 Å². The highest BCUT2D eigenvalue weighted by Crippen LogP contribution is 2.23. The summed E-state index contributed by atoms with van der Waals surface area (Å²) in [6.07, 6.45) is 0. The Kier molecular flexibility index (Phi) is 4.53. The molecule has 1 atom stereocenters. The van der Waals surface area contributed by atoms with Gasteiger partial charge in [0, 0.05) is 6.07 Å². The Morgan fingerprint density at radius 3 is 2.43 bits per heavy atom. The first-order valence-electron chi connectivity index (χ1n) is 6.72. The largest absolute Gasteiger partial charge is 0.508 e. The molecule has 2 aromatic carbocycles. The highest BCUT2D eigenvalue weighted by Gasteiger charge is 2.17. The highest BCUT2D eigenvalue weighted by atomic mass is 32.2. The quantitative estimate of drug-likeness (QED) is 0.891. The van der Waals surface area contributed by atoms with Crippen LogP contribution in [0.5, 0.6) is 5.75 Å². The first-order valence-corrected chi connectivity index (χ1v) is 8.37. The van der Waals surface area contributed by atoms with E-state index in [-0.39, 0.29) is 17.4 Å². The summed E-state index contributed by atoms with van der Waals surface area (Å²) in [5.41, 5.74) is 2.06. The van der Waals surface area contributed by atoms with E-state index in [1.54, 1.807) is 19.1 Å². The van der Waals surface area contributed by atoms with Gasteiger partial charge in [-0.3, -0.25) is 4.72 Å². The molecule has 21 heavy (non-hydrogen) atoms. The molecule has 0 saturated carbocycles. The summed E-state index contributed by atoms with van der Waals surface area (Å²) < 4.78 is 26.9. The van der Waals surface area contributed by atoms with Crippen LogP contribution in [0, 0.1) is 6.92 Å². The Bertz CT molecular complexity index is 712. The topological polar surface area (TPSA) is 66.4 Å². The average Bonchev–Trinajstić information content (AvgIpc) is 2.43. The zero-order chi connectivity index (χ0) is 15.5. The molecule has 0 fully saturated rings. The van der Waals surface area contributed by atoms with Gasteiger partial charge in [0.15, 0.2) is 0 Å². The molecule has 0 heterocycles.